The van der Waals surface area contributed by atoms with E-state index >= 15 is 0 Å². The number of primary amides is 1. The highest BCUT2D eigenvalue weighted by Crippen LogP contribution is 2.38. The fourth-order valence-electron chi connectivity index (χ4n) is 7.62. The van der Waals surface area contributed by atoms with Crippen molar-refractivity contribution in [3.05, 3.63) is 101 Å². The largest absolute Gasteiger partial charge is 0.508 e. The van der Waals surface area contributed by atoms with Gasteiger partial charge in [0.1, 0.15) is 28.8 Å². The molecule has 1 aliphatic heterocycles. The van der Waals surface area contributed by atoms with Crippen LogP contribution in [0.1, 0.15) is 30.9 Å². The Balaban J connectivity index is 0.761. The molecule has 1 saturated heterocycles. The fraction of sp³-hybridized carbons (Fsp3) is 0.304. The van der Waals surface area contributed by atoms with Gasteiger partial charge in [0.25, 0.3) is 0 Å². The summed E-state index contributed by atoms with van der Waals surface area (Å²) in [5.74, 6) is 0.962. The number of ether oxygens (including phenoxy) is 1. The zero-order valence-corrected chi connectivity index (χ0v) is 39.2. The summed E-state index contributed by atoms with van der Waals surface area (Å²) >= 11 is 0. The van der Waals surface area contributed by atoms with Crippen LogP contribution < -0.4 is 32.1 Å². The number of amides is 4. The summed E-state index contributed by atoms with van der Waals surface area (Å²) in [6.45, 7) is 6.83. The number of nitrogens with two attached hydrogens (primary N) is 1. The summed E-state index contributed by atoms with van der Waals surface area (Å²) in [5, 5.41) is 46.2. The molecule has 8 rings (SSSR count). The van der Waals surface area contributed by atoms with E-state index in [1.165, 1.54) is 32.2 Å². The van der Waals surface area contributed by atoms with Crippen LogP contribution in [0.25, 0.3) is 50.7 Å². The van der Waals surface area contributed by atoms with Crippen molar-refractivity contribution < 1.29 is 38.9 Å². The number of anilines is 1. The van der Waals surface area contributed by atoms with Crippen molar-refractivity contribution in [3.63, 3.8) is 0 Å². The molecule has 0 spiro atoms. The number of carbonyl (C=O) groups excluding carboxylic acids is 3. The summed E-state index contributed by atoms with van der Waals surface area (Å²) in [7, 11) is 2.74. The monoisotopic (exact) mass is 978 g/mol. The zero-order valence-electron chi connectivity index (χ0n) is 37.5. The van der Waals surface area contributed by atoms with Gasteiger partial charge in [-0.25, -0.2) is 39.0 Å². The van der Waals surface area contributed by atoms with Gasteiger partial charge in [-0.1, -0.05) is 59.7 Å². The van der Waals surface area contributed by atoms with Crippen LogP contribution in [0.4, 0.5) is 15.4 Å². The number of fused-ring (bicyclic) bond motifs is 3. The van der Waals surface area contributed by atoms with Gasteiger partial charge in [-0.05, 0) is 59.5 Å². The third kappa shape index (κ3) is 11.3. The molecule has 69 heavy (non-hydrogen) atoms. The van der Waals surface area contributed by atoms with Gasteiger partial charge in [0, 0.05) is 75.1 Å². The SMILES string of the molecule is CC(C)c1cc(-c2n[nH]c(=O)n2-c2ccc(CN3CCN(C(=O)NC(CSSCCNC(=O)Oc4cccc(-c5nc(NCCO)c6oc7ncccc7c6n5)c4)C(N)=O)CC3)cc2)c(O)cc1O. The fourth-order valence-corrected chi connectivity index (χ4v) is 9.70. The molecule has 3 aromatic carbocycles. The third-order valence-corrected chi connectivity index (χ3v) is 13.6. The number of urea groups is 1. The molecule has 0 bridgehead atoms. The number of piperazine rings is 1. The Kier molecular flexibility index (Phi) is 15.2. The average Bonchev–Trinajstić information content (AvgIpc) is 3.92. The number of aliphatic hydroxyl groups is 1. The van der Waals surface area contributed by atoms with Gasteiger partial charge >= 0.3 is 17.8 Å². The van der Waals surface area contributed by atoms with Crippen molar-refractivity contribution in [1.29, 1.82) is 0 Å². The van der Waals surface area contributed by atoms with Gasteiger partial charge in [0.05, 0.1) is 23.2 Å². The van der Waals surface area contributed by atoms with Crippen molar-refractivity contribution in [2.24, 2.45) is 5.73 Å². The Morgan fingerprint density at radius 2 is 1.75 bits per heavy atom. The number of benzene rings is 3. The third-order valence-electron chi connectivity index (χ3n) is 11.2. The first-order valence-electron chi connectivity index (χ1n) is 22.0. The number of phenols is 2. The quantitative estimate of drug-likeness (QED) is 0.0424. The molecular weight excluding hydrogens is 929 g/mol. The maximum atomic E-state index is 13.2. The lowest BCUT2D eigenvalue weighted by atomic mass is 9.98. The van der Waals surface area contributed by atoms with Gasteiger partial charge in [-0.2, -0.15) is 5.10 Å². The summed E-state index contributed by atoms with van der Waals surface area (Å²) in [4.78, 5) is 68.5. The second kappa shape index (κ2) is 21.7. The molecule has 1 fully saturated rings. The molecule has 1 atom stereocenters. The number of furan rings is 1. The number of hydrogen-bond acceptors (Lipinski definition) is 17. The van der Waals surface area contributed by atoms with Crippen LogP contribution in [0.2, 0.25) is 0 Å². The molecule has 5 heterocycles. The molecule has 0 radical (unpaired) electrons. The highest BCUT2D eigenvalue weighted by Gasteiger charge is 2.26. The minimum atomic E-state index is -0.912. The molecule has 4 amide bonds. The molecule has 360 valence electrons. The van der Waals surface area contributed by atoms with Crippen LogP contribution in [0.3, 0.4) is 0 Å². The predicted molar refractivity (Wildman–Crippen MR) is 262 cm³/mol. The summed E-state index contributed by atoms with van der Waals surface area (Å²) < 4.78 is 12.8. The summed E-state index contributed by atoms with van der Waals surface area (Å²) in [6, 6.07) is 19.4. The molecule has 1 aliphatic rings. The number of aromatic nitrogens is 6. The van der Waals surface area contributed by atoms with E-state index in [0.29, 0.717) is 94.7 Å². The molecule has 23 heteroatoms. The minimum Gasteiger partial charge on any atom is -0.508 e. The van der Waals surface area contributed by atoms with Crippen LogP contribution in [0.5, 0.6) is 17.2 Å². The van der Waals surface area contributed by atoms with Crippen LogP contribution in [0.15, 0.2) is 88.2 Å². The predicted octanol–water partition coefficient (Wildman–Crippen LogP) is 4.77. The first-order chi connectivity index (χ1) is 33.4. The lowest BCUT2D eigenvalue weighted by Gasteiger charge is -2.35. The molecule has 4 aromatic heterocycles. The number of hydrogen-bond donors (Lipinski definition) is 8. The van der Waals surface area contributed by atoms with Crippen molar-refractivity contribution in [3.8, 4) is 45.7 Å². The van der Waals surface area contributed by atoms with Gasteiger partial charge in [0.15, 0.2) is 23.0 Å². The minimum absolute atomic E-state index is 0.0326. The van der Waals surface area contributed by atoms with Crippen molar-refractivity contribution in [1.82, 2.24) is 50.1 Å². The highest BCUT2D eigenvalue weighted by atomic mass is 33.1. The number of aromatic amines is 1. The normalized spacial score (nSPS) is 13.5. The highest BCUT2D eigenvalue weighted by molar-refractivity contribution is 8.76. The standard InChI is InChI=1S/C46H50N12O9S2/c1-26(2)32-22-33(36(61)23-35(32)60)42-54-55-45(64)58(42)29-10-8-27(9-11-29)24-56-15-17-57(18-16-56)44(63)51-34(39(47)62)25-69-68-20-14-50-46(65)66-30-6-3-5-28(21-30)40-52-37-31-7-4-12-49-43(31)67-38(37)41(53-40)48-13-19-59/h3-12,21-23,26,34,59-61H,13-20,24-25H2,1-2H3,(H2,47,62)(H,50,65)(H,51,63)(H,55,64)(H,48,52,53). The number of phenolic OH excluding ortho intramolecular Hbond substituents is 2. The molecule has 21 nitrogen and oxygen atoms in total. The van der Waals surface area contributed by atoms with Crippen LogP contribution in [-0.4, -0.2) is 136 Å². The van der Waals surface area contributed by atoms with E-state index in [-0.39, 0.29) is 60.5 Å². The molecule has 1 unspecified atom stereocenters. The molecule has 7 aromatic rings. The first kappa shape index (κ1) is 48.1. The number of H-pyrrole nitrogens is 1. The number of carbonyl (C=O) groups is 3. The summed E-state index contributed by atoms with van der Waals surface area (Å²) in [6.07, 6.45) is 0.950. The summed E-state index contributed by atoms with van der Waals surface area (Å²) in [5.41, 5.74) is 9.55. The molecule has 9 N–H and O–H groups in total. The van der Waals surface area contributed by atoms with Crippen molar-refractivity contribution in [2.75, 3.05) is 62.7 Å². The maximum absolute atomic E-state index is 13.2. The number of aromatic hydroxyl groups is 2. The lowest BCUT2D eigenvalue weighted by Crippen LogP contribution is -2.55. The number of nitrogens with one attached hydrogen (secondary N) is 4. The van der Waals surface area contributed by atoms with E-state index in [4.69, 9.17) is 19.9 Å². The average molecular weight is 979 g/mol. The zero-order chi connectivity index (χ0) is 48.6. The Hall–Kier alpha value is -7.34. The van der Waals surface area contributed by atoms with Gasteiger partial charge in [-0.3, -0.25) is 9.69 Å². The van der Waals surface area contributed by atoms with Gasteiger partial charge in [-0.15, -0.1) is 0 Å². The van der Waals surface area contributed by atoms with E-state index in [2.05, 4.69) is 41.0 Å². The molecule has 0 saturated carbocycles. The Bertz CT molecular complexity index is 3030. The van der Waals surface area contributed by atoms with Gasteiger partial charge in [0.2, 0.25) is 11.6 Å². The number of nitrogens with zero attached hydrogens (tertiary/aromatic N) is 7. The van der Waals surface area contributed by atoms with Crippen LogP contribution in [0, 0.1) is 0 Å². The second-order valence-corrected chi connectivity index (χ2v) is 18.9. The molecular formula is C46H50N12O9S2. The topological polar surface area (TPSA) is 292 Å². The van der Waals surface area contributed by atoms with E-state index in [0.717, 1.165) is 5.56 Å². The van der Waals surface area contributed by atoms with Crippen molar-refractivity contribution in [2.45, 2.75) is 32.4 Å². The maximum Gasteiger partial charge on any atom is 0.412 e. The smallest absolute Gasteiger partial charge is 0.412 e. The Labute approximate surface area is 402 Å². The van der Waals surface area contributed by atoms with Crippen molar-refractivity contribution >= 4 is 67.6 Å². The van der Waals surface area contributed by atoms with Crippen LogP contribution in [-0.2, 0) is 11.3 Å². The lowest BCUT2D eigenvalue weighted by molar-refractivity contribution is -0.119. The Morgan fingerprint density at radius 3 is 2.51 bits per heavy atom. The van der Waals surface area contributed by atoms with E-state index in [1.807, 2.05) is 32.0 Å². The number of rotatable bonds is 18. The van der Waals surface area contributed by atoms with E-state index < -0.39 is 23.7 Å². The second-order valence-electron chi connectivity index (χ2n) is 16.2. The van der Waals surface area contributed by atoms with E-state index in [1.54, 1.807) is 59.6 Å². The Morgan fingerprint density at radius 1 is 0.957 bits per heavy atom. The van der Waals surface area contributed by atoms with Crippen LogP contribution >= 0.6 is 21.6 Å². The number of aliphatic hydroxyl groups excluding tert-OH is 1. The first-order valence-corrected chi connectivity index (χ1v) is 24.5. The number of pyridine rings is 1. The van der Waals surface area contributed by atoms with Gasteiger partial charge < -0.3 is 51.1 Å². The van der Waals surface area contributed by atoms with E-state index in [9.17, 15) is 34.5 Å². The molecule has 0 aliphatic carbocycles.